The molecule has 3 aromatic heterocycles. The van der Waals surface area contributed by atoms with Crippen molar-refractivity contribution in [1.29, 1.82) is 0 Å². The number of furan rings is 1. The van der Waals surface area contributed by atoms with Crippen LogP contribution in [-0.4, -0.2) is 9.55 Å². The molecule has 31 heavy (non-hydrogen) atoms. The molecule has 0 fully saturated rings. The van der Waals surface area contributed by atoms with E-state index in [1.807, 2.05) is 18.3 Å². The van der Waals surface area contributed by atoms with E-state index in [1.165, 1.54) is 16.3 Å². The van der Waals surface area contributed by atoms with Gasteiger partial charge < -0.3 is 4.42 Å². The lowest BCUT2D eigenvalue weighted by Gasteiger charge is -2.20. The molecule has 3 heterocycles. The van der Waals surface area contributed by atoms with E-state index in [9.17, 15) is 0 Å². The van der Waals surface area contributed by atoms with Gasteiger partial charge in [0.15, 0.2) is 0 Å². The molecular weight excluding hydrogens is 448 g/mol. The summed E-state index contributed by atoms with van der Waals surface area (Å²) in [5.74, 6) is 0.928. The van der Waals surface area contributed by atoms with E-state index >= 15 is 0 Å². The molecule has 6 rings (SSSR count). The van der Waals surface area contributed by atoms with Gasteiger partial charge in [-0.1, -0.05) is 61.0 Å². The fourth-order valence-corrected chi connectivity index (χ4v) is 4.90. The van der Waals surface area contributed by atoms with Crippen molar-refractivity contribution in [2.24, 2.45) is 0 Å². The molecule has 0 N–H and O–H groups in total. The van der Waals surface area contributed by atoms with E-state index in [0.29, 0.717) is 0 Å². The van der Waals surface area contributed by atoms with Crippen molar-refractivity contribution < 1.29 is 4.42 Å². The van der Waals surface area contributed by atoms with Crippen LogP contribution in [0.15, 0.2) is 81.8 Å². The highest BCUT2D eigenvalue weighted by Gasteiger charge is 2.20. The van der Waals surface area contributed by atoms with E-state index < -0.39 is 0 Å². The number of halogens is 1. The van der Waals surface area contributed by atoms with Gasteiger partial charge in [0.25, 0.3) is 0 Å². The average molecular weight is 469 g/mol. The Labute approximate surface area is 188 Å². The molecule has 3 nitrogen and oxygen atoms in total. The fraction of sp³-hybridized carbons (Fsp3) is 0.148. The zero-order valence-corrected chi connectivity index (χ0v) is 19.2. The van der Waals surface area contributed by atoms with Gasteiger partial charge in [-0.2, -0.15) is 0 Å². The summed E-state index contributed by atoms with van der Waals surface area (Å²) in [6.07, 6.45) is 1.91. The number of hydrogen-bond donors (Lipinski definition) is 0. The van der Waals surface area contributed by atoms with Crippen LogP contribution in [0.2, 0.25) is 0 Å². The first-order valence-corrected chi connectivity index (χ1v) is 11.2. The second-order valence-corrected chi connectivity index (χ2v) is 10.00. The van der Waals surface area contributed by atoms with Gasteiger partial charge in [0.2, 0.25) is 0 Å². The third kappa shape index (κ3) is 2.75. The predicted molar refractivity (Wildman–Crippen MR) is 132 cm³/mol. The largest absolute Gasteiger partial charge is 0.456 e. The summed E-state index contributed by atoms with van der Waals surface area (Å²) in [5.41, 5.74) is 5.39. The first-order chi connectivity index (χ1) is 14.9. The zero-order valence-electron chi connectivity index (χ0n) is 17.6. The Bertz CT molecular complexity index is 1630. The van der Waals surface area contributed by atoms with Crippen LogP contribution in [0.25, 0.3) is 49.6 Å². The van der Waals surface area contributed by atoms with Crippen LogP contribution in [0.3, 0.4) is 0 Å². The van der Waals surface area contributed by atoms with Gasteiger partial charge in [-0.15, -0.1) is 0 Å². The van der Waals surface area contributed by atoms with Crippen LogP contribution in [-0.2, 0) is 5.41 Å². The minimum absolute atomic E-state index is 0.0467. The van der Waals surface area contributed by atoms with Crippen molar-refractivity contribution in [3.63, 3.8) is 0 Å². The van der Waals surface area contributed by atoms with E-state index in [1.54, 1.807) is 0 Å². The molecule has 0 unspecified atom stereocenters. The molecule has 0 aliphatic heterocycles. The molecule has 0 radical (unpaired) electrons. The highest BCUT2D eigenvalue weighted by atomic mass is 79.9. The maximum Gasteiger partial charge on any atom is 0.137 e. The summed E-state index contributed by atoms with van der Waals surface area (Å²) >= 11 is 3.67. The lowest BCUT2D eigenvalue weighted by Crippen LogP contribution is -2.12. The van der Waals surface area contributed by atoms with Crippen LogP contribution in [0.4, 0.5) is 0 Å². The second-order valence-electron chi connectivity index (χ2n) is 9.08. The van der Waals surface area contributed by atoms with Crippen molar-refractivity contribution >= 4 is 59.7 Å². The Morgan fingerprint density at radius 2 is 1.65 bits per heavy atom. The summed E-state index contributed by atoms with van der Waals surface area (Å²) in [4.78, 5) is 4.78. The van der Waals surface area contributed by atoms with Gasteiger partial charge >= 0.3 is 0 Å². The molecular formula is C27H21BrN2O. The molecule has 4 heteroatoms. The van der Waals surface area contributed by atoms with Gasteiger partial charge in [0.1, 0.15) is 17.0 Å². The van der Waals surface area contributed by atoms with Crippen LogP contribution in [0.1, 0.15) is 26.3 Å². The molecule has 0 atom stereocenters. The van der Waals surface area contributed by atoms with E-state index in [-0.39, 0.29) is 5.41 Å². The van der Waals surface area contributed by atoms with E-state index in [4.69, 9.17) is 9.40 Å². The Kier molecular flexibility index (Phi) is 3.87. The van der Waals surface area contributed by atoms with Gasteiger partial charge in [0, 0.05) is 32.2 Å². The first-order valence-electron chi connectivity index (χ1n) is 10.4. The Morgan fingerprint density at radius 1 is 0.806 bits per heavy atom. The van der Waals surface area contributed by atoms with Crippen molar-refractivity contribution in [2.75, 3.05) is 0 Å². The Hall–Kier alpha value is -3.11. The topological polar surface area (TPSA) is 31.0 Å². The Balaban J connectivity index is 1.82. The molecule has 0 bridgehead atoms. The first kappa shape index (κ1) is 18.6. The summed E-state index contributed by atoms with van der Waals surface area (Å²) in [6.45, 7) is 6.70. The van der Waals surface area contributed by atoms with Crippen LogP contribution >= 0.6 is 15.9 Å². The van der Waals surface area contributed by atoms with Crippen LogP contribution in [0, 0.1) is 0 Å². The van der Waals surface area contributed by atoms with Gasteiger partial charge in [-0.3, -0.25) is 4.57 Å². The molecule has 0 saturated heterocycles. The third-order valence-corrected chi connectivity index (χ3v) is 6.57. The van der Waals surface area contributed by atoms with Crippen LogP contribution in [0.5, 0.6) is 0 Å². The quantitative estimate of drug-likeness (QED) is 0.243. The van der Waals surface area contributed by atoms with Gasteiger partial charge in [-0.05, 0) is 53.4 Å². The zero-order chi connectivity index (χ0) is 21.3. The normalized spacial score (nSPS) is 12.5. The number of nitrogens with zero attached hydrogens (tertiary/aromatic N) is 2. The molecule has 152 valence electrons. The number of benzene rings is 3. The maximum absolute atomic E-state index is 6.18. The predicted octanol–water partition coefficient (Wildman–Crippen LogP) is 8.14. The molecule has 0 aliphatic rings. The van der Waals surface area contributed by atoms with E-state index in [2.05, 4.69) is 95.9 Å². The minimum Gasteiger partial charge on any atom is -0.456 e. The molecule has 0 amide bonds. The summed E-state index contributed by atoms with van der Waals surface area (Å²) in [5, 5.41) is 4.69. The lowest BCUT2D eigenvalue weighted by atomic mass is 9.88. The second kappa shape index (κ2) is 6.44. The van der Waals surface area contributed by atoms with Crippen LogP contribution < -0.4 is 0 Å². The highest BCUT2D eigenvalue weighted by molar-refractivity contribution is 9.10. The maximum atomic E-state index is 6.18. The number of hydrogen-bond acceptors (Lipinski definition) is 2. The molecule has 3 aromatic carbocycles. The minimum atomic E-state index is 0.0467. The Morgan fingerprint density at radius 3 is 2.48 bits per heavy atom. The SMILES string of the molecule is CC(C)(C)c1ccnc(-n2c3cc(Br)ccc3c3c4c(ccc32)oc2ccccc24)c1. The van der Waals surface area contributed by atoms with Crippen molar-refractivity contribution in [3.8, 4) is 5.82 Å². The number of rotatable bonds is 1. The standard InChI is InChI=1S/C27H21BrN2O/c1-27(2,3)16-12-13-29-24(14-16)30-20-10-11-23-26(19-6-4-5-7-22(19)31-23)25(20)18-9-8-17(28)15-21(18)30/h4-15H,1-3H3. The monoisotopic (exact) mass is 468 g/mol. The van der Waals surface area contributed by atoms with Crippen molar-refractivity contribution in [2.45, 2.75) is 26.2 Å². The number of para-hydroxylation sites is 1. The third-order valence-electron chi connectivity index (χ3n) is 6.07. The van der Waals surface area contributed by atoms with Gasteiger partial charge in [0.05, 0.1) is 11.0 Å². The van der Waals surface area contributed by atoms with E-state index in [0.717, 1.165) is 43.3 Å². The summed E-state index contributed by atoms with van der Waals surface area (Å²) in [6, 6.07) is 23.3. The number of aromatic nitrogens is 2. The molecule has 0 saturated carbocycles. The van der Waals surface area contributed by atoms with Gasteiger partial charge in [-0.25, -0.2) is 4.98 Å². The highest BCUT2D eigenvalue weighted by Crippen LogP contribution is 2.41. The summed E-state index contributed by atoms with van der Waals surface area (Å²) < 4.78 is 9.49. The smallest absolute Gasteiger partial charge is 0.137 e. The number of pyridine rings is 1. The number of fused-ring (bicyclic) bond motifs is 7. The summed E-state index contributed by atoms with van der Waals surface area (Å²) in [7, 11) is 0. The average Bonchev–Trinajstić information content (AvgIpc) is 3.28. The van der Waals surface area contributed by atoms with Crippen molar-refractivity contribution in [3.05, 3.63) is 83.0 Å². The lowest BCUT2D eigenvalue weighted by molar-refractivity contribution is 0.588. The molecule has 0 aliphatic carbocycles. The molecule has 0 spiro atoms. The fourth-order valence-electron chi connectivity index (χ4n) is 4.55. The molecule has 6 aromatic rings. The van der Waals surface area contributed by atoms with Crippen molar-refractivity contribution in [1.82, 2.24) is 9.55 Å².